The lowest BCUT2D eigenvalue weighted by Gasteiger charge is -2.11. The van der Waals surface area contributed by atoms with Crippen LogP contribution in [-0.4, -0.2) is 21.1 Å². The molecule has 0 spiro atoms. The first-order chi connectivity index (χ1) is 7.75. The van der Waals surface area contributed by atoms with Crippen LogP contribution in [0.25, 0.3) is 11.0 Å². The molecular formula is C11H11ClN2S2. The SMILES string of the molecule is S=c1[nH]c2ccc(Cl)cc2n1C1CCSC1. The van der Waals surface area contributed by atoms with Crippen molar-refractivity contribution in [2.45, 2.75) is 12.5 Å². The summed E-state index contributed by atoms with van der Waals surface area (Å²) in [5.74, 6) is 2.37. The number of fused-ring (bicyclic) bond motifs is 1. The van der Waals surface area contributed by atoms with Gasteiger partial charge in [-0.2, -0.15) is 11.8 Å². The van der Waals surface area contributed by atoms with Gasteiger partial charge in [-0.1, -0.05) is 11.6 Å². The summed E-state index contributed by atoms with van der Waals surface area (Å²) in [7, 11) is 0. The molecular weight excluding hydrogens is 260 g/mol. The van der Waals surface area contributed by atoms with E-state index in [-0.39, 0.29) is 0 Å². The lowest BCUT2D eigenvalue weighted by atomic mass is 10.2. The van der Waals surface area contributed by atoms with Crippen LogP contribution in [-0.2, 0) is 0 Å². The maximum Gasteiger partial charge on any atom is 0.178 e. The molecule has 3 rings (SSSR count). The zero-order valence-electron chi connectivity index (χ0n) is 8.57. The zero-order valence-corrected chi connectivity index (χ0v) is 11.0. The van der Waals surface area contributed by atoms with Crippen molar-refractivity contribution in [2.24, 2.45) is 0 Å². The number of thioether (sulfide) groups is 1. The van der Waals surface area contributed by atoms with Gasteiger partial charge in [0, 0.05) is 16.8 Å². The third kappa shape index (κ3) is 1.69. The van der Waals surface area contributed by atoms with Crippen molar-refractivity contribution in [3.05, 3.63) is 28.0 Å². The fourth-order valence-corrected chi connectivity index (χ4v) is 3.90. The van der Waals surface area contributed by atoms with Crippen molar-refractivity contribution < 1.29 is 0 Å². The van der Waals surface area contributed by atoms with E-state index >= 15 is 0 Å². The van der Waals surface area contributed by atoms with E-state index in [0.29, 0.717) is 6.04 Å². The fourth-order valence-electron chi connectivity index (χ4n) is 2.18. The molecule has 1 N–H and O–H groups in total. The van der Waals surface area contributed by atoms with Crippen LogP contribution in [0.5, 0.6) is 0 Å². The quantitative estimate of drug-likeness (QED) is 0.790. The highest BCUT2D eigenvalue weighted by atomic mass is 35.5. The van der Waals surface area contributed by atoms with Crippen LogP contribution in [0.15, 0.2) is 18.2 Å². The number of aromatic nitrogens is 2. The van der Waals surface area contributed by atoms with Crippen molar-refractivity contribution in [3.8, 4) is 0 Å². The molecule has 2 aromatic rings. The van der Waals surface area contributed by atoms with Gasteiger partial charge in [0.15, 0.2) is 4.77 Å². The number of hydrogen-bond acceptors (Lipinski definition) is 2. The summed E-state index contributed by atoms with van der Waals surface area (Å²) in [6, 6.07) is 6.39. The van der Waals surface area contributed by atoms with Crippen molar-refractivity contribution in [2.75, 3.05) is 11.5 Å². The Labute approximate surface area is 108 Å². The van der Waals surface area contributed by atoms with Crippen LogP contribution in [0, 0.1) is 4.77 Å². The van der Waals surface area contributed by atoms with E-state index < -0.39 is 0 Å². The molecule has 0 bridgehead atoms. The minimum Gasteiger partial charge on any atom is -0.331 e. The third-order valence-corrected chi connectivity index (χ3v) is 4.63. The highest BCUT2D eigenvalue weighted by molar-refractivity contribution is 7.99. The third-order valence-electron chi connectivity index (χ3n) is 2.95. The van der Waals surface area contributed by atoms with Crippen molar-refractivity contribution in [1.29, 1.82) is 0 Å². The number of rotatable bonds is 1. The summed E-state index contributed by atoms with van der Waals surface area (Å²) in [6.45, 7) is 0. The number of H-pyrrole nitrogens is 1. The van der Waals surface area contributed by atoms with E-state index in [4.69, 9.17) is 23.8 Å². The molecule has 1 aromatic heterocycles. The molecule has 1 aromatic carbocycles. The molecule has 1 unspecified atom stereocenters. The Hall–Kier alpha value is -0.450. The summed E-state index contributed by atoms with van der Waals surface area (Å²) < 4.78 is 3.03. The molecule has 0 radical (unpaired) electrons. The number of hydrogen-bond donors (Lipinski definition) is 1. The van der Waals surface area contributed by atoms with E-state index in [1.807, 2.05) is 30.0 Å². The van der Waals surface area contributed by atoms with Crippen LogP contribution >= 0.6 is 35.6 Å². The normalized spacial score (nSPS) is 20.7. The van der Waals surface area contributed by atoms with E-state index in [1.54, 1.807) is 0 Å². The van der Waals surface area contributed by atoms with E-state index in [0.717, 1.165) is 26.6 Å². The van der Waals surface area contributed by atoms with Gasteiger partial charge in [-0.15, -0.1) is 0 Å². The smallest absolute Gasteiger partial charge is 0.178 e. The predicted octanol–water partition coefficient (Wildman–Crippen LogP) is 4.03. The number of nitrogens with one attached hydrogen (secondary N) is 1. The van der Waals surface area contributed by atoms with E-state index in [1.165, 1.54) is 12.2 Å². The standard InChI is InChI=1S/C11H11ClN2S2/c12-7-1-2-9-10(5-7)14(11(15)13-9)8-3-4-16-6-8/h1-2,5,8H,3-4,6H2,(H,13,15). The first-order valence-corrected chi connectivity index (χ1v) is 7.17. The molecule has 1 fully saturated rings. The molecule has 1 atom stereocenters. The summed E-state index contributed by atoms with van der Waals surface area (Å²) in [5, 5.41) is 0.765. The molecule has 2 heterocycles. The number of aromatic amines is 1. The van der Waals surface area contributed by atoms with Crippen molar-refractivity contribution in [3.63, 3.8) is 0 Å². The average molecular weight is 271 g/mol. The molecule has 84 valence electrons. The average Bonchev–Trinajstić information content (AvgIpc) is 2.83. The molecule has 1 saturated heterocycles. The second-order valence-corrected chi connectivity index (χ2v) is 5.95. The molecule has 16 heavy (non-hydrogen) atoms. The minimum atomic E-state index is 0.518. The molecule has 0 amide bonds. The lowest BCUT2D eigenvalue weighted by Crippen LogP contribution is -2.07. The van der Waals surface area contributed by atoms with Crippen LogP contribution < -0.4 is 0 Å². The van der Waals surface area contributed by atoms with Gasteiger partial charge in [-0.05, 0) is 42.6 Å². The highest BCUT2D eigenvalue weighted by Gasteiger charge is 2.20. The second kappa shape index (κ2) is 4.09. The van der Waals surface area contributed by atoms with E-state index in [2.05, 4.69) is 9.55 Å². The molecule has 1 aliphatic heterocycles. The first kappa shape index (κ1) is 10.7. The van der Waals surface area contributed by atoms with Crippen molar-refractivity contribution in [1.82, 2.24) is 9.55 Å². The van der Waals surface area contributed by atoms with Crippen LogP contribution in [0.3, 0.4) is 0 Å². The minimum absolute atomic E-state index is 0.518. The predicted molar refractivity (Wildman–Crippen MR) is 73.1 cm³/mol. The Morgan fingerprint density at radius 1 is 1.50 bits per heavy atom. The van der Waals surface area contributed by atoms with Gasteiger partial charge < -0.3 is 9.55 Å². The van der Waals surface area contributed by atoms with Gasteiger partial charge in [-0.25, -0.2) is 0 Å². The largest absolute Gasteiger partial charge is 0.331 e. The molecule has 0 saturated carbocycles. The summed E-state index contributed by atoms with van der Waals surface area (Å²) in [5.41, 5.74) is 2.20. The Morgan fingerprint density at radius 3 is 3.12 bits per heavy atom. The highest BCUT2D eigenvalue weighted by Crippen LogP contribution is 2.31. The number of nitrogens with zero attached hydrogens (tertiary/aromatic N) is 1. The lowest BCUT2D eigenvalue weighted by molar-refractivity contribution is 0.569. The Kier molecular flexibility index (Phi) is 2.73. The fraction of sp³-hybridized carbons (Fsp3) is 0.364. The summed E-state index contributed by atoms with van der Waals surface area (Å²) in [4.78, 5) is 3.24. The van der Waals surface area contributed by atoms with Crippen LogP contribution in [0.4, 0.5) is 0 Å². The molecule has 5 heteroatoms. The van der Waals surface area contributed by atoms with Gasteiger partial charge >= 0.3 is 0 Å². The Balaban J connectivity index is 2.25. The first-order valence-electron chi connectivity index (χ1n) is 5.23. The zero-order chi connectivity index (χ0) is 11.1. The Bertz CT molecular complexity index is 581. The number of benzene rings is 1. The summed E-state index contributed by atoms with van der Waals surface area (Å²) >= 11 is 13.4. The van der Waals surface area contributed by atoms with E-state index in [9.17, 15) is 0 Å². The van der Waals surface area contributed by atoms with Gasteiger partial charge in [0.25, 0.3) is 0 Å². The molecule has 0 aliphatic carbocycles. The maximum atomic E-state index is 6.04. The number of halogens is 1. The number of imidazole rings is 1. The van der Waals surface area contributed by atoms with Gasteiger partial charge in [0.2, 0.25) is 0 Å². The van der Waals surface area contributed by atoms with Gasteiger partial charge in [0.05, 0.1) is 11.0 Å². The summed E-state index contributed by atoms with van der Waals surface area (Å²) in [6.07, 6.45) is 1.19. The molecule has 2 nitrogen and oxygen atoms in total. The van der Waals surface area contributed by atoms with Crippen LogP contribution in [0.1, 0.15) is 12.5 Å². The second-order valence-electron chi connectivity index (χ2n) is 3.98. The van der Waals surface area contributed by atoms with Crippen molar-refractivity contribution >= 4 is 46.6 Å². The van der Waals surface area contributed by atoms with Crippen LogP contribution in [0.2, 0.25) is 5.02 Å². The molecule has 1 aliphatic rings. The topological polar surface area (TPSA) is 20.7 Å². The Morgan fingerprint density at radius 2 is 2.38 bits per heavy atom. The van der Waals surface area contributed by atoms with Gasteiger partial charge in [-0.3, -0.25) is 0 Å². The monoisotopic (exact) mass is 270 g/mol. The maximum absolute atomic E-state index is 6.04. The van der Waals surface area contributed by atoms with Gasteiger partial charge in [0.1, 0.15) is 0 Å².